The highest BCUT2D eigenvalue weighted by Gasteiger charge is 2.43. The molecule has 2 bridgehead atoms. The number of aromatic nitrogens is 4. The first kappa shape index (κ1) is 20.8. The van der Waals surface area contributed by atoms with Crippen molar-refractivity contribution in [1.29, 1.82) is 0 Å². The molecule has 3 atom stereocenters. The van der Waals surface area contributed by atoms with Crippen molar-refractivity contribution in [2.24, 2.45) is 0 Å². The highest BCUT2D eigenvalue weighted by molar-refractivity contribution is 5.79. The van der Waals surface area contributed by atoms with Crippen LogP contribution in [0.1, 0.15) is 37.3 Å². The summed E-state index contributed by atoms with van der Waals surface area (Å²) in [5.41, 5.74) is 11.8. The van der Waals surface area contributed by atoms with E-state index in [2.05, 4.69) is 10.1 Å². The minimum absolute atomic E-state index is 0.154. The monoisotopic (exact) mass is 454 g/mol. The number of pyridine rings is 1. The van der Waals surface area contributed by atoms with E-state index in [9.17, 15) is 9.90 Å². The highest BCUT2D eigenvalue weighted by atomic mass is 16.3. The van der Waals surface area contributed by atoms with Crippen LogP contribution in [-0.4, -0.2) is 54.2 Å². The van der Waals surface area contributed by atoms with E-state index in [1.54, 1.807) is 10.7 Å². The average molecular weight is 455 g/mol. The molecule has 34 heavy (non-hydrogen) atoms. The number of nitrogens with two attached hydrogens (primary N) is 1. The van der Waals surface area contributed by atoms with Crippen LogP contribution in [0.3, 0.4) is 0 Å². The molecule has 3 aromatic heterocycles. The molecule has 5 heterocycles. The maximum atomic E-state index is 12.2. The fourth-order valence-electron chi connectivity index (χ4n) is 5.66. The normalized spacial score (nSPS) is 21.8. The second kappa shape index (κ2) is 8.22. The molecule has 0 spiro atoms. The molecule has 0 aliphatic carbocycles. The van der Waals surface area contributed by atoms with Crippen molar-refractivity contribution < 1.29 is 9.90 Å². The third-order valence-electron chi connectivity index (χ3n) is 7.24. The smallest absolute Gasteiger partial charge is 0.248 e. The van der Waals surface area contributed by atoms with Crippen LogP contribution >= 0.6 is 0 Å². The van der Waals surface area contributed by atoms with Gasteiger partial charge in [-0.2, -0.15) is 9.61 Å². The van der Waals surface area contributed by atoms with Gasteiger partial charge in [-0.25, -0.2) is 4.98 Å². The summed E-state index contributed by atoms with van der Waals surface area (Å²) in [4.78, 5) is 23.8. The van der Waals surface area contributed by atoms with Crippen molar-refractivity contribution in [2.45, 2.75) is 43.7 Å². The number of hydrogen-bond acceptors (Lipinski definition) is 6. The first-order chi connectivity index (χ1) is 16.6. The van der Waals surface area contributed by atoms with Crippen molar-refractivity contribution in [3.8, 4) is 22.4 Å². The Hall–Kier alpha value is -3.78. The van der Waals surface area contributed by atoms with Gasteiger partial charge in [-0.05, 0) is 31.7 Å². The molecule has 2 saturated heterocycles. The van der Waals surface area contributed by atoms with Gasteiger partial charge < -0.3 is 15.7 Å². The van der Waals surface area contributed by atoms with Crippen LogP contribution in [0.25, 0.3) is 28.0 Å². The second-order valence-corrected chi connectivity index (χ2v) is 9.21. The van der Waals surface area contributed by atoms with E-state index in [1.807, 2.05) is 59.6 Å². The lowest BCUT2D eigenvalue weighted by atomic mass is 9.87. The molecule has 2 aliphatic rings. The summed E-state index contributed by atoms with van der Waals surface area (Å²) >= 11 is 0. The van der Waals surface area contributed by atoms with Crippen LogP contribution in [-0.2, 0) is 4.79 Å². The topological polar surface area (TPSA) is 110 Å². The Bertz CT molecular complexity index is 1340. The standard InChI is InChI=1S/C26H26N6O2/c27-24-12-23(18-10-19-7-8-20(11-18)31(19)25(34)15-33)30-26-21(14-29-32(24)26)17-6-9-22(28-13-17)16-4-2-1-3-5-16/h1-6,9,12-14,18-20,33H,7-8,10-11,15,27H2/t18?,19-,20?/m0/s1. The van der Waals surface area contributed by atoms with Crippen molar-refractivity contribution in [1.82, 2.24) is 24.5 Å². The summed E-state index contributed by atoms with van der Waals surface area (Å²) in [7, 11) is 0. The zero-order chi connectivity index (χ0) is 23.2. The number of hydrogen-bond donors (Lipinski definition) is 2. The maximum absolute atomic E-state index is 12.2. The Morgan fingerprint density at radius 2 is 1.79 bits per heavy atom. The summed E-state index contributed by atoms with van der Waals surface area (Å²) in [5.74, 6) is 0.591. The molecule has 3 N–H and O–H groups in total. The number of anilines is 1. The molecule has 8 heteroatoms. The number of benzene rings is 1. The average Bonchev–Trinajstić information content (AvgIpc) is 3.42. The number of carbonyl (C=O) groups is 1. The molecule has 8 nitrogen and oxygen atoms in total. The number of amides is 1. The fourth-order valence-corrected chi connectivity index (χ4v) is 5.66. The van der Waals surface area contributed by atoms with Gasteiger partial charge in [0.15, 0.2) is 5.65 Å². The maximum Gasteiger partial charge on any atom is 0.248 e. The van der Waals surface area contributed by atoms with E-state index in [1.165, 1.54) is 0 Å². The zero-order valence-electron chi connectivity index (χ0n) is 18.7. The van der Waals surface area contributed by atoms with Crippen molar-refractivity contribution in [2.75, 3.05) is 12.3 Å². The highest BCUT2D eigenvalue weighted by Crippen LogP contribution is 2.43. The van der Waals surface area contributed by atoms with Crippen LogP contribution in [0.2, 0.25) is 0 Å². The number of fused-ring (bicyclic) bond motifs is 3. The van der Waals surface area contributed by atoms with Gasteiger partial charge >= 0.3 is 0 Å². The van der Waals surface area contributed by atoms with Crippen molar-refractivity contribution in [3.05, 3.63) is 66.6 Å². The summed E-state index contributed by atoms with van der Waals surface area (Å²) in [5, 5.41) is 13.8. The summed E-state index contributed by atoms with van der Waals surface area (Å²) < 4.78 is 1.67. The lowest BCUT2D eigenvalue weighted by Crippen LogP contribution is -2.47. The van der Waals surface area contributed by atoms with Gasteiger partial charge in [0.25, 0.3) is 0 Å². The second-order valence-electron chi connectivity index (χ2n) is 9.21. The predicted octanol–water partition coefficient (Wildman–Crippen LogP) is 3.27. The number of piperidine rings is 1. The van der Waals surface area contributed by atoms with Gasteiger partial charge in [-0.15, -0.1) is 0 Å². The molecule has 6 rings (SSSR count). The lowest BCUT2D eigenvalue weighted by Gasteiger charge is -2.38. The van der Waals surface area contributed by atoms with E-state index in [0.29, 0.717) is 11.5 Å². The summed E-state index contributed by atoms with van der Waals surface area (Å²) in [6.07, 6.45) is 7.25. The molecule has 1 amide bonds. The first-order valence-electron chi connectivity index (χ1n) is 11.7. The molecule has 2 fully saturated rings. The summed E-state index contributed by atoms with van der Waals surface area (Å²) in [6.45, 7) is -0.425. The van der Waals surface area contributed by atoms with E-state index in [0.717, 1.165) is 53.8 Å². The number of aliphatic hydroxyl groups is 1. The number of carbonyl (C=O) groups excluding carboxylic acids is 1. The van der Waals surface area contributed by atoms with Crippen molar-refractivity contribution >= 4 is 17.4 Å². The molecule has 1 aromatic carbocycles. The minimum atomic E-state index is -0.425. The molecule has 4 aromatic rings. The van der Waals surface area contributed by atoms with E-state index >= 15 is 0 Å². The van der Waals surface area contributed by atoms with Crippen LogP contribution in [0.4, 0.5) is 5.82 Å². The minimum Gasteiger partial charge on any atom is -0.387 e. The number of nitrogens with zero attached hydrogens (tertiary/aromatic N) is 5. The van der Waals surface area contributed by atoms with E-state index in [-0.39, 0.29) is 23.9 Å². The Morgan fingerprint density at radius 1 is 1.03 bits per heavy atom. The van der Waals surface area contributed by atoms with Gasteiger partial charge in [-0.1, -0.05) is 36.4 Å². The molecule has 0 saturated carbocycles. The van der Waals surface area contributed by atoms with Gasteiger partial charge in [0.2, 0.25) is 5.91 Å². The van der Waals surface area contributed by atoms with Gasteiger partial charge in [0.1, 0.15) is 12.4 Å². The van der Waals surface area contributed by atoms with Crippen LogP contribution in [0.5, 0.6) is 0 Å². The van der Waals surface area contributed by atoms with Crippen LogP contribution < -0.4 is 5.73 Å². The molecule has 0 radical (unpaired) electrons. The van der Waals surface area contributed by atoms with E-state index < -0.39 is 6.61 Å². The Balaban J connectivity index is 1.33. The van der Waals surface area contributed by atoms with Crippen LogP contribution in [0.15, 0.2) is 60.9 Å². The Morgan fingerprint density at radius 3 is 2.47 bits per heavy atom. The molecular formula is C26H26N6O2. The van der Waals surface area contributed by atoms with E-state index in [4.69, 9.17) is 10.7 Å². The quantitative estimate of drug-likeness (QED) is 0.490. The first-order valence-corrected chi connectivity index (χ1v) is 11.7. The molecule has 2 aliphatic heterocycles. The molecule has 172 valence electrons. The Kier molecular flexibility index (Phi) is 5.03. The SMILES string of the molecule is Nc1cc(C2CC3CC[C@@H](C2)N3C(=O)CO)nc2c(-c3ccc(-c4ccccc4)nc3)cnn12. The summed E-state index contributed by atoms with van der Waals surface area (Å²) in [6, 6.07) is 16.3. The molecular weight excluding hydrogens is 428 g/mol. The number of nitrogen functional groups attached to an aromatic ring is 1. The Labute approximate surface area is 197 Å². The van der Waals surface area contributed by atoms with Gasteiger partial charge in [-0.3, -0.25) is 9.78 Å². The largest absolute Gasteiger partial charge is 0.387 e. The van der Waals surface area contributed by atoms with Gasteiger partial charge in [0, 0.05) is 52.6 Å². The lowest BCUT2D eigenvalue weighted by molar-refractivity contribution is -0.138. The molecule has 2 unspecified atom stereocenters. The number of rotatable bonds is 4. The fraction of sp³-hybridized carbons (Fsp3) is 0.308. The van der Waals surface area contributed by atoms with Crippen molar-refractivity contribution in [3.63, 3.8) is 0 Å². The third kappa shape index (κ3) is 3.42. The van der Waals surface area contributed by atoms with Crippen LogP contribution in [0, 0.1) is 0 Å². The third-order valence-corrected chi connectivity index (χ3v) is 7.24. The predicted molar refractivity (Wildman–Crippen MR) is 129 cm³/mol. The zero-order valence-corrected chi connectivity index (χ0v) is 18.7. The van der Waals surface area contributed by atoms with Gasteiger partial charge in [0.05, 0.1) is 11.9 Å². The number of aliphatic hydroxyl groups excluding tert-OH is 1.